The van der Waals surface area contributed by atoms with Gasteiger partial charge in [-0.1, -0.05) is 19.1 Å². The molecule has 0 fully saturated rings. The molecule has 0 bridgehead atoms. The van der Waals surface area contributed by atoms with Crippen LogP contribution in [0.2, 0.25) is 0 Å². The van der Waals surface area contributed by atoms with Crippen LogP contribution in [0.15, 0.2) is 34.9 Å². The van der Waals surface area contributed by atoms with Gasteiger partial charge in [-0.15, -0.1) is 0 Å². The molecule has 20 heavy (non-hydrogen) atoms. The molecule has 0 spiro atoms. The molecule has 1 aromatic heterocycles. The largest absolute Gasteiger partial charge is 0.464 e. The van der Waals surface area contributed by atoms with Gasteiger partial charge < -0.3 is 9.73 Å². The Bertz CT molecular complexity index is 604. The Morgan fingerprint density at radius 3 is 2.75 bits per heavy atom. The second-order valence-electron chi connectivity index (χ2n) is 4.47. The smallest absolute Gasteiger partial charge is 0.391 e. The summed E-state index contributed by atoms with van der Waals surface area (Å²) in [6.45, 7) is 1.95. The summed E-state index contributed by atoms with van der Waals surface area (Å²) in [6.07, 6.45) is -4.11. The summed E-state index contributed by atoms with van der Waals surface area (Å²) < 4.78 is 42.6. The summed E-state index contributed by atoms with van der Waals surface area (Å²) in [4.78, 5) is 12.2. The predicted molar refractivity (Wildman–Crippen MR) is 68.7 cm³/mol. The normalized spacial score (nSPS) is 13.6. The maximum absolute atomic E-state index is 12.5. The lowest BCUT2D eigenvalue weighted by Gasteiger charge is -2.18. The number of benzene rings is 1. The molecule has 0 saturated carbocycles. The van der Waals surface area contributed by atoms with E-state index in [-0.39, 0.29) is 12.1 Å². The highest BCUT2D eigenvalue weighted by molar-refractivity contribution is 6.02. The fraction of sp³-hybridized carbons (Fsp3) is 0.357. The lowest BCUT2D eigenvalue weighted by atomic mass is 10.0. The molecular weight excluding hydrogens is 271 g/mol. The molecule has 0 amide bonds. The van der Waals surface area contributed by atoms with E-state index in [2.05, 4.69) is 5.32 Å². The molecule has 3 nitrogen and oxygen atoms in total. The summed E-state index contributed by atoms with van der Waals surface area (Å²) in [6, 6.07) is 5.09. The van der Waals surface area contributed by atoms with Crippen molar-refractivity contribution in [2.45, 2.75) is 25.6 Å². The summed E-state index contributed by atoms with van der Waals surface area (Å²) in [5, 5.41) is 3.38. The molecule has 108 valence electrons. The zero-order chi connectivity index (χ0) is 14.8. The van der Waals surface area contributed by atoms with Crippen molar-refractivity contribution in [2.24, 2.45) is 0 Å². The molecule has 1 N–H and O–H groups in total. The van der Waals surface area contributed by atoms with Crippen LogP contribution < -0.4 is 5.32 Å². The molecule has 1 heterocycles. The van der Waals surface area contributed by atoms with E-state index < -0.39 is 24.4 Å². The number of likely N-dealkylation sites (N-methyl/N-ethyl adjacent to an activating group) is 1. The molecule has 1 atom stereocenters. The first kappa shape index (κ1) is 14.6. The summed E-state index contributed by atoms with van der Waals surface area (Å²) >= 11 is 0. The van der Waals surface area contributed by atoms with E-state index in [0.717, 1.165) is 5.39 Å². The first-order chi connectivity index (χ1) is 9.40. The fourth-order valence-electron chi connectivity index (χ4n) is 2.04. The number of ketones is 1. The summed E-state index contributed by atoms with van der Waals surface area (Å²) in [5.74, 6) is -0.581. The number of hydrogen-bond acceptors (Lipinski definition) is 3. The minimum Gasteiger partial charge on any atom is -0.464 e. The Morgan fingerprint density at radius 1 is 1.35 bits per heavy atom. The zero-order valence-electron chi connectivity index (χ0n) is 10.8. The van der Waals surface area contributed by atoms with Crippen molar-refractivity contribution >= 4 is 16.8 Å². The Kier molecular flexibility index (Phi) is 4.13. The lowest BCUT2D eigenvalue weighted by Crippen LogP contribution is -2.40. The Hall–Kier alpha value is -1.82. The van der Waals surface area contributed by atoms with Crippen molar-refractivity contribution in [3.63, 3.8) is 0 Å². The van der Waals surface area contributed by atoms with Gasteiger partial charge in [0.25, 0.3) is 0 Å². The Balaban J connectivity index is 2.25. The van der Waals surface area contributed by atoms with Gasteiger partial charge in [0.1, 0.15) is 5.58 Å². The van der Waals surface area contributed by atoms with Crippen LogP contribution in [0.25, 0.3) is 11.0 Å². The van der Waals surface area contributed by atoms with Gasteiger partial charge in [-0.2, -0.15) is 13.2 Å². The van der Waals surface area contributed by atoms with Crippen LogP contribution in [-0.2, 0) is 0 Å². The Labute approximate surface area is 113 Å². The first-order valence-corrected chi connectivity index (χ1v) is 6.22. The van der Waals surface area contributed by atoms with E-state index in [1.165, 1.54) is 18.4 Å². The molecule has 0 saturated heterocycles. The van der Waals surface area contributed by atoms with Gasteiger partial charge in [0, 0.05) is 10.9 Å². The van der Waals surface area contributed by atoms with Gasteiger partial charge in [0.05, 0.1) is 18.7 Å². The van der Waals surface area contributed by atoms with Crippen molar-refractivity contribution in [1.29, 1.82) is 0 Å². The van der Waals surface area contributed by atoms with Gasteiger partial charge in [0.2, 0.25) is 0 Å². The van der Waals surface area contributed by atoms with Gasteiger partial charge in [-0.25, -0.2) is 0 Å². The van der Waals surface area contributed by atoms with Gasteiger partial charge in [0.15, 0.2) is 5.78 Å². The highest BCUT2D eigenvalue weighted by Gasteiger charge is 2.35. The standard InChI is InChI=1S/C14H14F3NO2/c1-2-18-11(8-14(15,16)17)13(19)10-4-3-9-5-6-20-12(9)7-10/h3-7,11,18H,2,8H2,1H3. The number of alkyl halides is 3. The maximum atomic E-state index is 12.5. The van der Waals surface area contributed by atoms with E-state index in [4.69, 9.17) is 4.42 Å². The van der Waals surface area contributed by atoms with Gasteiger partial charge in [-0.05, 0) is 18.7 Å². The van der Waals surface area contributed by atoms with Crippen molar-refractivity contribution in [3.8, 4) is 0 Å². The molecule has 2 aromatic rings. The number of Topliss-reactive ketones (excluding diaryl/α,β-unsaturated/α-hetero) is 1. The molecule has 0 aliphatic rings. The molecule has 2 rings (SSSR count). The van der Waals surface area contributed by atoms with Crippen molar-refractivity contribution < 1.29 is 22.4 Å². The van der Waals surface area contributed by atoms with Crippen LogP contribution >= 0.6 is 0 Å². The molecule has 0 aliphatic carbocycles. The number of rotatable bonds is 5. The van der Waals surface area contributed by atoms with Gasteiger partial charge in [-0.3, -0.25) is 4.79 Å². The SMILES string of the molecule is CCNC(CC(F)(F)F)C(=O)c1ccc2ccoc2c1. The minimum atomic E-state index is -4.39. The second kappa shape index (κ2) is 5.66. The third-order valence-corrected chi connectivity index (χ3v) is 2.94. The minimum absolute atomic E-state index is 0.211. The molecule has 0 aliphatic heterocycles. The van der Waals surface area contributed by atoms with Crippen LogP contribution in [0.5, 0.6) is 0 Å². The van der Waals surface area contributed by atoms with Crippen LogP contribution in [0.4, 0.5) is 13.2 Å². The lowest BCUT2D eigenvalue weighted by molar-refractivity contribution is -0.137. The van der Waals surface area contributed by atoms with Gasteiger partial charge >= 0.3 is 6.18 Å². The number of halogens is 3. The van der Waals surface area contributed by atoms with E-state index in [1.54, 1.807) is 19.1 Å². The van der Waals surface area contributed by atoms with Crippen molar-refractivity contribution in [2.75, 3.05) is 6.54 Å². The van der Waals surface area contributed by atoms with Crippen LogP contribution in [0.1, 0.15) is 23.7 Å². The molecule has 0 radical (unpaired) electrons. The van der Waals surface area contributed by atoms with E-state index in [1.807, 2.05) is 0 Å². The topological polar surface area (TPSA) is 42.2 Å². The second-order valence-corrected chi connectivity index (χ2v) is 4.47. The molecular formula is C14H14F3NO2. The molecule has 1 unspecified atom stereocenters. The van der Waals surface area contributed by atoms with Crippen LogP contribution in [0, 0.1) is 0 Å². The highest BCUT2D eigenvalue weighted by Crippen LogP contribution is 2.24. The number of hydrogen-bond donors (Lipinski definition) is 1. The summed E-state index contributed by atoms with van der Waals surface area (Å²) in [7, 11) is 0. The van der Waals surface area contributed by atoms with E-state index in [9.17, 15) is 18.0 Å². The monoisotopic (exact) mass is 285 g/mol. The highest BCUT2D eigenvalue weighted by atomic mass is 19.4. The van der Waals surface area contributed by atoms with Crippen LogP contribution in [0.3, 0.4) is 0 Å². The third kappa shape index (κ3) is 3.39. The first-order valence-electron chi connectivity index (χ1n) is 6.22. The average Bonchev–Trinajstić information content (AvgIpc) is 2.83. The molecule has 6 heteroatoms. The Morgan fingerprint density at radius 2 is 2.10 bits per heavy atom. The quantitative estimate of drug-likeness (QED) is 0.854. The number of nitrogens with one attached hydrogen (secondary N) is 1. The fourth-order valence-corrected chi connectivity index (χ4v) is 2.04. The van der Waals surface area contributed by atoms with E-state index in [0.29, 0.717) is 5.58 Å². The zero-order valence-corrected chi connectivity index (χ0v) is 10.8. The number of carbonyl (C=O) groups is 1. The predicted octanol–water partition coefficient (Wildman–Crippen LogP) is 3.55. The third-order valence-electron chi connectivity index (χ3n) is 2.94. The average molecular weight is 285 g/mol. The van der Waals surface area contributed by atoms with E-state index >= 15 is 0 Å². The summed E-state index contributed by atoms with van der Waals surface area (Å²) in [5.41, 5.74) is 0.695. The van der Waals surface area contributed by atoms with Crippen molar-refractivity contribution in [3.05, 3.63) is 36.1 Å². The van der Waals surface area contributed by atoms with Crippen molar-refractivity contribution in [1.82, 2.24) is 5.32 Å². The van der Waals surface area contributed by atoms with Crippen LogP contribution in [-0.4, -0.2) is 24.5 Å². The maximum Gasteiger partial charge on any atom is 0.391 e. The number of carbonyl (C=O) groups excluding carboxylic acids is 1. The number of furan rings is 1. The molecule has 1 aromatic carbocycles. The number of fused-ring (bicyclic) bond motifs is 1.